The van der Waals surface area contributed by atoms with Crippen LogP contribution in [-0.2, 0) is 21.1 Å². The molecule has 10 heavy (non-hydrogen) atoms. The Labute approximate surface area is 79.7 Å². The summed E-state index contributed by atoms with van der Waals surface area (Å²) in [5.41, 5.74) is 0. The maximum absolute atomic E-state index is 3.52. The molecule has 1 saturated heterocycles. The van der Waals surface area contributed by atoms with Gasteiger partial charge >= 0.3 is 0 Å². The van der Waals surface area contributed by atoms with Crippen molar-refractivity contribution in [1.29, 1.82) is 0 Å². The van der Waals surface area contributed by atoms with Gasteiger partial charge in [0, 0.05) is 28.5 Å². The number of hydrogen-bond acceptors (Lipinski definition) is 1. The molecule has 0 unspecified atom stereocenters. The first-order valence-electron chi connectivity index (χ1n) is 4.17. The summed E-state index contributed by atoms with van der Waals surface area (Å²) in [4.78, 5) is 0. The number of rotatable bonds is 2. The summed E-state index contributed by atoms with van der Waals surface area (Å²) in [6, 6.07) is 0.851. The Kier molecular flexibility index (Phi) is 6.78. The van der Waals surface area contributed by atoms with Crippen LogP contribution in [0.25, 0.3) is 0 Å². The van der Waals surface area contributed by atoms with Crippen LogP contribution >= 0.6 is 0 Å². The van der Waals surface area contributed by atoms with Crippen molar-refractivity contribution in [2.75, 3.05) is 6.54 Å². The van der Waals surface area contributed by atoms with E-state index in [0.717, 1.165) is 6.04 Å². The first-order valence-corrected chi connectivity index (χ1v) is 4.17. The van der Waals surface area contributed by atoms with Crippen LogP contribution in [0.1, 0.15) is 40.5 Å². The molecule has 1 aliphatic rings. The van der Waals surface area contributed by atoms with E-state index in [4.69, 9.17) is 0 Å². The fourth-order valence-electron chi connectivity index (χ4n) is 1.52. The zero-order chi connectivity index (χ0) is 6.53. The van der Waals surface area contributed by atoms with E-state index in [1.165, 1.54) is 38.6 Å². The second-order valence-corrected chi connectivity index (χ2v) is 2.94. The van der Waals surface area contributed by atoms with Crippen molar-refractivity contribution < 1.29 is 22.5 Å². The van der Waals surface area contributed by atoms with Gasteiger partial charge in [-0.1, -0.05) is 19.8 Å². The summed E-state index contributed by atoms with van der Waals surface area (Å²) in [6.45, 7) is 3.51. The molecule has 0 aromatic rings. The van der Waals surface area contributed by atoms with Crippen LogP contribution in [0.15, 0.2) is 0 Å². The molecule has 0 saturated carbocycles. The smallest absolute Gasteiger partial charge is 0.00669 e. The molecule has 0 amide bonds. The second-order valence-electron chi connectivity index (χ2n) is 2.94. The van der Waals surface area contributed by atoms with E-state index < -0.39 is 0 Å². The Hall–Kier alpha value is 0.648. The van der Waals surface area contributed by atoms with Gasteiger partial charge < -0.3 is 5.32 Å². The van der Waals surface area contributed by atoms with E-state index in [0.29, 0.717) is 0 Å². The third kappa shape index (κ3) is 3.73. The van der Waals surface area contributed by atoms with Gasteiger partial charge in [-0.25, -0.2) is 0 Å². The summed E-state index contributed by atoms with van der Waals surface area (Å²) >= 11 is 0. The standard InChI is InChI=1S/C8H17N.W.H2/c1-2-5-8-6-3-4-7-9-8;;/h8-9H,2-7H2,1H3;;1H/t8-;;/m1../s1. The van der Waals surface area contributed by atoms with E-state index in [1.54, 1.807) is 0 Å². The van der Waals surface area contributed by atoms with Gasteiger partial charge in [-0.2, -0.15) is 0 Å². The zero-order valence-electron chi connectivity index (χ0n) is 6.73. The molecule has 0 aromatic heterocycles. The minimum atomic E-state index is 0. The van der Waals surface area contributed by atoms with Crippen LogP contribution < -0.4 is 5.32 Å². The Balaban J connectivity index is 0. The van der Waals surface area contributed by atoms with E-state index >= 15 is 0 Å². The molecule has 0 aliphatic carbocycles. The SMILES string of the molecule is CCC[C@@H]1CCCCN1.[HH].[W]. The van der Waals surface area contributed by atoms with Gasteiger partial charge in [-0.05, 0) is 25.8 Å². The summed E-state index contributed by atoms with van der Waals surface area (Å²) in [5.74, 6) is 0. The van der Waals surface area contributed by atoms with Crippen LogP contribution in [-0.4, -0.2) is 12.6 Å². The molecule has 1 aliphatic heterocycles. The minimum absolute atomic E-state index is 0. The number of hydrogen-bond donors (Lipinski definition) is 1. The predicted octanol–water partition coefficient (Wildman–Crippen LogP) is 2.17. The summed E-state index contributed by atoms with van der Waals surface area (Å²) in [6.07, 6.45) is 6.95. The van der Waals surface area contributed by atoms with Gasteiger partial charge in [0.05, 0.1) is 0 Å². The zero-order valence-corrected chi connectivity index (χ0v) is 9.66. The Bertz CT molecular complexity index is 71.7. The molecule has 0 aromatic carbocycles. The van der Waals surface area contributed by atoms with Crippen LogP contribution in [0.4, 0.5) is 0 Å². The van der Waals surface area contributed by atoms with Gasteiger partial charge in [-0.3, -0.25) is 0 Å². The molecular formula is C8H19NW. The average Bonchev–Trinajstić information content (AvgIpc) is 1.91. The summed E-state index contributed by atoms with van der Waals surface area (Å²) in [7, 11) is 0. The third-order valence-corrected chi connectivity index (χ3v) is 2.05. The molecule has 1 N–H and O–H groups in total. The predicted molar refractivity (Wildman–Crippen MR) is 42.7 cm³/mol. The summed E-state index contributed by atoms with van der Waals surface area (Å²) in [5, 5.41) is 3.52. The molecule has 62 valence electrons. The van der Waals surface area contributed by atoms with Crippen molar-refractivity contribution in [3.8, 4) is 0 Å². The molecule has 1 heterocycles. The molecule has 0 spiro atoms. The molecule has 1 nitrogen and oxygen atoms in total. The first-order chi connectivity index (χ1) is 4.43. The molecule has 1 rings (SSSR count). The van der Waals surface area contributed by atoms with E-state index in [9.17, 15) is 0 Å². The third-order valence-electron chi connectivity index (χ3n) is 2.05. The molecular weight excluding hydrogens is 294 g/mol. The van der Waals surface area contributed by atoms with Gasteiger partial charge in [0.1, 0.15) is 0 Å². The summed E-state index contributed by atoms with van der Waals surface area (Å²) < 4.78 is 0. The molecule has 1 fully saturated rings. The molecule has 0 radical (unpaired) electrons. The Morgan fingerprint density at radius 2 is 2.30 bits per heavy atom. The van der Waals surface area contributed by atoms with Gasteiger partial charge in [0.25, 0.3) is 0 Å². The quantitative estimate of drug-likeness (QED) is 0.824. The average molecular weight is 313 g/mol. The van der Waals surface area contributed by atoms with Gasteiger partial charge in [0.2, 0.25) is 0 Å². The Morgan fingerprint density at radius 3 is 2.80 bits per heavy atom. The normalized spacial score (nSPS) is 25.5. The minimum Gasteiger partial charge on any atom is -0.314 e. The maximum Gasteiger partial charge on any atom is 0.00669 e. The molecule has 0 bridgehead atoms. The fraction of sp³-hybridized carbons (Fsp3) is 1.00. The first kappa shape index (κ1) is 10.6. The monoisotopic (exact) mass is 313 g/mol. The van der Waals surface area contributed by atoms with Crippen LogP contribution in [0, 0.1) is 0 Å². The van der Waals surface area contributed by atoms with E-state index in [1.807, 2.05) is 0 Å². The fourth-order valence-corrected chi connectivity index (χ4v) is 1.52. The Morgan fingerprint density at radius 1 is 1.50 bits per heavy atom. The topological polar surface area (TPSA) is 12.0 Å². The maximum atomic E-state index is 3.52. The van der Waals surface area contributed by atoms with Crippen molar-refractivity contribution in [2.45, 2.75) is 45.1 Å². The molecule has 1 atom stereocenters. The van der Waals surface area contributed by atoms with Crippen molar-refractivity contribution >= 4 is 0 Å². The van der Waals surface area contributed by atoms with Crippen LogP contribution in [0.2, 0.25) is 0 Å². The van der Waals surface area contributed by atoms with Gasteiger partial charge in [0.15, 0.2) is 0 Å². The van der Waals surface area contributed by atoms with E-state index in [2.05, 4.69) is 12.2 Å². The molecule has 2 heteroatoms. The van der Waals surface area contributed by atoms with Crippen molar-refractivity contribution in [3.05, 3.63) is 0 Å². The number of piperidine rings is 1. The van der Waals surface area contributed by atoms with Crippen LogP contribution in [0.5, 0.6) is 0 Å². The van der Waals surface area contributed by atoms with Crippen molar-refractivity contribution in [1.82, 2.24) is 5.32 Å². The van der Waals surface area contributed by atoms with Crippen LogP contribution in [0.3, 0.4) is 0 Å². The van der Waals surface area contributed by atoms with Gasteiger partial charge in [-0.15, -0.1) is 0 Å². The van der Waals surface area contributed by atoms with E-state index in [-0.39, 0.29) is 22.5 Å². The largest absolute Gasteiger partial charge is 0.314 e. The van der Waals surface area contributed by atoms with Crippen molar-refractivity contribution in [2.24, 2.45) is 0 Å². The van der Waals surface area contributed by atoms with Crippen molar-refractivity contribution in [3.63, 3.8) is 0 Å². The number of nitrogens with one attached hydrogen (secondary N) is 1. The second kappa shape index (κ2) is 6.36.